The van der Waals surface area contributed by atoms with Crippen LogP contribution in [0.5, 0.6) is 0 Å². The lowest BCUT2D eigenvalue weighted by Gasteiger charge is -2.08. The van der Waals surface area contributed by atoms with Gasteiger partial charge in [0.15, 0.2) is 5.82 Å². The lowest BCUT2D eigenvalue weighted by molar-refractivity contribution is 0.0697. The van der Waals surface area contributed by atoms with Crippen molar-refractivity contribution < 1.29 is 9.90 Å². The lowest BCUT2D eigenvalue weighted by atomic mass is 10.0. The van der Waals surface area contributed by atoms with E-state index in [4.69, 9.17) is 5.26 Å². The highest BCUT2D eigenvalue weighted by Crippen LogP contribution is 2.25. The summed E-state index contributed by atoms with van der Waals surface area (Å²) in [6.45, 7) is 3.72. The van der Waals surface area contributed by atoms with Crippen LogP contribution in [0.25, 0.3) is 22.6 Å². The first kappa shape index (κ1) is 17.1. The van der Waals surface area contributed by atoms with Crippen molar-refractivity contribution in [2.45, 2.75) is 6.42 Å². The van der Waals surface area contributed by atoms with E-state index in [1.165, 1.54) is 6.20 Å². The lowest BCUT2D eigenvalue weighted by Crippen LogP contribution is -2.04. The second-order valence-corrected chi connectivity index (χ2v) is 5.64. The van der Waals surface area contributed by atoms with E-state index in [9.17, 15) is 9.90 Å². The van der Waals surface area contributed by atoms with E-state index in [-0.39, 0.29) is 5.56 Å². The fourth-order valence-corrected chi connectivity index (χ4v) is 2.56. The van der Waals surface area contributed by atoms with Gasteiger partial charge in [0.25, 0.3) is 0 Å². The summed E-state index contributed by atoms with van der Waals surface area (Å²) in [4.78, 5) is 20.2. The minimum atomic E-state index is -1.10. The highest BCUT2D eigenvalue weighted by molar-refractivity contribution is 5.94. The third-order valence-corrected chi connectivity index (χ3v) is 3.90. The van der Waals surface area contributed by atoms with Crippen molar-refractivity contribution in [1.82, 2.24) is 9.97 Å². The molecule has 0 unspecified atom stereocenters. The summed E-state index contributed by atoms with van der Waals surface area (Å²) >= 11 is 0. The monoisotopic (exact) mass is 341 g/mol. The van der Waals surface area contributed by atoms with Crippen molar-refractivity contribution >= 4 is 5.97 Å². The van der Waals surface area contributed by atoms with Crippen LogP contribution in [0.1, 0.15) is 21.5 Å². The molecule has 0 saturated heterocycles. The molecule has 0 aliphatic heterocycles. The van der Waals surface area contributed by atoms with E-state index in [2.05, 4.69) is 16.5 Å². The molecular formula is C21H15N3O2. The van der Waals surface area contributed by atoms with Crippen molar-refractivity contribution in [3.05, 3.63) is 84.1 Å². The normalized spacial score (nSPS) is 10.1. The molecule has 0 amide bonds. The van der Waals surface area contributed by atoms with E-state index in [1.54, 1.807) is 24.3 Å². The van der Waals surface area contributed by atoms with Crippen LogP contribution in [0, 0.1) is 11.3 Å². The summed E-state index contributed by atoms with van der Waals surface area (Å²) in [5, 5.41) is 18.4. The van der Waals surface area contributed by atoms with Crippen molar-refractivity contribution in [2.75, 3.05) is 0 Å². The Morgan fingerprint density at radius 1 is 1.12 bits per heavy atom. The predicted molar refractivity (Wildman–Crippen MR) is 98.5 cm³/mol. The second-order valence-electron chi connectivity index (χ2n) is 5.64. The van der Waals surface area contributed by atoms with Gasteiger partial charge in [-0.05, 0) is 24.1 Å². The summed E-state index contributed by atoms with van der Waals surface area (Å²) in [6, 6.07) is 16.4. The molecule has 126 valence electrons. The van der Waals surface area contributed by atoms with Gasteiger partial charge < -0.3 is 5.11 Å². The Morgan fingerprint density at radius 2 is 1.77 bits per heavy atom. The number of aromatic carboxylic acids is 1. The molecule has 0 aliphatic carbocycles. The zero-order chi connectivity index (χ0) is 18.5. The molecule has 0 radical (unpaired) electrons. The van der Waals surface area contributed by atoms with Crippen molar-refractivity contribution in [1.29, 1.82) is 5.26 Å². The first-order valence-corrected chi connectivity index (χ1v) is 7.93. The minimum absolute atomic E-state index is 0.0155. The Morgan fingerprint density at radius 3 is 2.35 bits per heavy atom. The second kappa shape index (κ2) is 7.41. The van der Waals surface area contributed by atoms with Gasteiger partial charge in [-0.1, -0.05) is 42.5 Å². The first-order chi connectivity index (χ1) is 12.6. The predicted octanol–water partition coefficient (Wildman–Crippen LogP) is 4.11. The Balaban J connectivity index is 2.07. The molecule has 0 saturated carbocycles. The van der Waals surface area contributed by atoms with Crippen LogP contribution in [0.15, 0.2) is 67.4 Å². The molecule has 5 heteroatoms. The number of aromatic nitrogens is 2. The fraction of sp³-hybridized carbons (Fsp3) is 0.0476. The number of nitriles is 1. The molecule has 0 bridgehead atoms. The molecule has 2 aromatic carbocycles. The Hall–Kier alpha value is -3.78. The minimum Gasteiger partial charge on any atom is -0.478 e. The average Bonchev–Trinajstić information content (AvgIpc) is 2.68. The van der Waals surface area contributed by atoms with Crippen molar-refractivity contribution in [3.63, 3.8) is 0 Å². The van der Waals surface area contributed by atoms with Gasteiger partial charge in [0.1, 0.15) is 5.56 Å². The molecule has 3 aromatic rings. The van der Waals surface area contributed by atoms with Gasteiger partial charge in [-0.3, -0.25) is 0 Å². The molecule has 1 heterocycles. The third kappa shape index (κ3) is 3.50. The molecule has 3 rings (SSSR count). The van der Waals surface area contributed by atoms with Crippen molar-refractivity contribution in [3.8, 4) is 28.7 Å². The van der Waals surface area contributed by atoms with Crippen LogP contribution in [-0.2, 0) is 6.42 Å². The molecular weight excluding hydrogens is 326 g/mol. The fourth-order valence-electron chi connectivity index (χ4n) is 2.56. The number of hydrogen-bond acceptors (Lipinski definition) is 4. The number of carboxylic acids is 1. The topological polar surface area (TPSA) is 86.9 Å². The van der Waals surface area contributed by atoms with Crippen molar-refractivity contribution in [2.24, 2.45) is 0 Å². The van der Waals surface area contributed by atoms with Crippen LogP contribution in [-0.4, -0.2) is 21.0 Å². The zero-order valence-corrected chi connectivity index (χ0v) is 13.9. The van der Waals surface area contributed by atoms with E-state index in [1.807, 2.05) is 36.4 Å². The maximum absolute atomic E-state index is 11.5. The number of hydrogen-bond donors (Lipinski definition) is 1. The Bertz CT molecular complexity index is 1000. The Labute approximate surface area is 150 Å². The van der Waals surface area contributed by atoms with Gasteiger partial charge in [-0.2, -0.15) is 5.26 Å². The van der Waals surface area contributed by atoms with Crippen LogP contribution >= 0.6 is 0 Å². The van der Waals surface area contributed by atoms with Gasteiger partial charge in [0, 0.05) is 17.3 Å². The van der Waals surface area contributed by atoms with E-state index in [0.29, 0.717) is 22.6 Å². The summed E-state index contributed by atoms with van der Waals surface area (Å²) in [6.07, 6.45) is 3.92. The number of benzene rings is 2. The molecule has 0 spiro atoms. The smallest absolute Gasteiger partial charge is 0.339 e. The standard InChI is InChI=1S/C21H15N3O2/c1-2-3-14-4-10-17(11-5-14)20-23-13-18(21(25)26)19(24-20)16-8-6-15(12-22)7-9-16/h2,4-11,13H,1,3H2,(H,25,26). The highest BCUT2D eigenvalue weighted by Gasteiger charge is 2.16. The van der Waals surface area contributed by atoms with Crippen LogP contribution < -0.4 is 0 Å². The maximum atomic E-state index is 11.5. The zero-order valence-electron chi connectivity index (χ0n) is 13.9. The molecule has 0 atom stereocenters. The first-order valence-electron chi connectivity index (χ1n) is 7.93. The summed E-state index contributed by atoms with van der Waals surface area (Å²) in [7, 11) is 0. The van der Waals surface area contributed by atoms with Gasteiger partial charge >= 0.3 is 5.97 Å². The number of rotatable bonds is 5. The SMILES string of the molecule is C=CCc1ccc(-c2ncc(C(=O)O)c(-c3ccc(C#N)cc3)n2)cc1. The van der Waals surface area contributed by atoms with E-state index >= 15 is 0 Å². The molecule has 0 aliphatic rings. The van der Waals surface area contributed by atoms with Gasteiger partial charge in [-0.15, -0.1) is 6.58 Å². The number of allylic oxidation sites excluding steroid dienone is 1. The third-order valence-electron chi connectivity index (χ3n) is 3.90. The molecule has 26 heavy (non-hydrogen) atoms. The largest absolute Gasteiger partial charge is 0.478 e. The number of carbonyl (C=O) groups is 1. The summed E-state index contributed by atoms with van der Waals surface area (Å²) in [5.74, 6) is -0.656. The number of carboxylic acid groups (broad SMARTS) is 1. The van der Waals surface area contributed by atoms with Crippen LogP contribution in [0.4, 0.5) is 0 Å². The van der Waals surface area contributed by atoms with E-state index < -0.39 is 5.97 Å². The summed E-state index contributed by atoms with van der Waals surface area (Å²) in [5.41, 5.74) is 3.37. The Kier molecular flexibility index (Phi) is 4.86. The van der Waals surface area contributed by atoms with Crippen LogP contribution in [0.2, 0.25) is 0 Å². The van der Waals surface area contributed by atoms with E-state index in [0.717, 1.165) is 17.5 Å². The van der Waals surface area contributed by atoms with Gasteiger partial charge in [0.2, 0.25) is 0 Å². The number of nitrogens with zero attached hydrogens (tertiary/aromatic N) is 3. The van der Waals surface area contributed by atoms with Gasteiger partial charge in [0.05, 0.1) is 17.3 Å². The molecule has 0 fully saturated rings. The highest BCUT2D eigenvalue weighted by atomic mass is 16.4. The quantitative estimate of drug-likeness (QED) is 0.706. The maximum Gasteiger partial charge on any atom is 0.339 e. The van der Waals surface area contributed by atoms with Crippen LogP contribution in [0.3, 0.4) is 0 Å². The molecule has 5 nitrogen and oxygen atoms in total. The average molecular weight is 341 g/mol. The molecule has 1 aromatic heterocycles. The molecule has 1 N–H and O–H groups in total. The van der Waals surface area contributed by atoms with Gasteiger partial charge in [-0.25, -0.2) is 14.8 Å². The summed E-state index contributed by atoms with van der Waals surface area (Å²) < 4.78 is 0.